The van der Waals surface area contributed by atoms with Crippen molar-refractivity contribution in [1.82, 2.24) is 15.5 Å². The summed E-state index contributed by atoms with van der Waals surface area (Å²) >= 11 is 0. The zero-order chi connectivity index (χ0) is 29.1. The minimum Gasteiger partial charge on any atom is -0.444 e. The van der Waals surface area contributed by atoms with E-state index < -0.39 is 47.6 Å². The number of nitrogens with zero attached hydrogens (tertiary/aromatic N) is 1. The molecule has 212 valence electrons. The molecule has 0 spiro atoms. The molecule has 1 rings (SSSR count). The number of carbonyl (C=O) groups is 4. The van der Waals surface area contributed by atoms with Gasteiger partial charge in [0.15, 0.2) is 0 Å². The molecule has 4 N–H and O–H groups in total. The highest BCUT2D eigenvalue weighted by Gasteiger charge is 2.37. The van der Waals surface area contributed by atoms with E-state index in [0.717, 1.165) is 24.8 Å². The van der Waals surface area contributed by atoms with Crippen LogP contribution in [0.1, 0.15) is 97.7 Å². The van der Waals surface area contributed by atoms with E-state index in [2.05, 4.69) is 24.1 Å². The van der Waals surface area contributed by atoms with Gasteiger partial charge in [0.1, 0.15) is 17.7 Å². The second-order valence-corrected chi connectivity index (χ2v) is 11.5. The molecule has 2 unspecified atom stereocenters. The van der Waals surface area contributed by atoms with Crippen LogP contribution in [0.15, 0.2) is 30.8 Å². The summed E-state index contributed by atoms with van der Waals surface area (Å²) in [7, 11) is 0. The first-order valence-electron chi connectivity index (χ1n) is 13.2. The van der Waals surface area contributed by atoms with E-state index in [9.17, 15) is 19.2 Å². The molecule has 1 aromatic rings. The van der Waals surface area contributed by atoms with E-state index in [1.807, 2.05) is 26.8 Å². The Morgan fingerprint density at radius 1 is 1.08 bits per heavy atom. The summed E-state index contributed by atoms with van der Waals surface area (Å²) in [4.78, 5) is 53.7. The number of amides is 4. The molecule has 38 heavy (non-hydrogen) atoms. The van der Waals surface area contributed by atoms with Crippen molar-refractivity contribution in [1.29, 1.82) is 0 Å². The topological polar surface area (TPSA) is 131 Å². The molecule has 0 saturated heterocycles. The van der Waals surface area contributed by atoms with Gasteiger partial charge in [-0.3, -0.25) is 14.4 Å². The van der Waals surface area contributed by atoms with Crippen LogP contribution in [0.3, 0.4) is 0 Å². The number of benzene rings is 1. The predicted octanol–water partition coefficient (Wildman–Crippen LogP) is 4.46. The van der Waals surface area contributed by atoms with Gasteiger partial charge in [-0.15, -0.1) is 0 Å². The molecule has 1 aromatic carbocycles. The second-order valence-electron chi connectivity index (χ2n) is 11.5. The lowest BCUT2D eigenvalue weighted by Crippen LogP contribution is -2.55. The van der Waals surface area contributed by atoms with Crippen LogP contribution in [0.25, 0.3) is 6.08 Å². The number of rotatable bonds is 13. The molecular formula is C29H46N4O5. The van der Waals surface area contributed by atoms with Gasteiger partial charge in [-0.2, -0.15) is 0 Å². The fourth-order valence-electron chi connectivity index (χ4n) is 3.89. The third-order valence-electron chi connectivity index (χ3n) is 5.45. The van der Waals surface area contributed by atoms with Crippen LogP contribution in [0.4, 0.5) is 4.79 Å². The Hall–Kier alpha value is -3.36. The molecule has 0 aliphatic carbocycles. The SMILES string of the molecule is C=Cc1cccc(C(C(=O)NC(C)(C)C)N(CCCCCC)C(=O)C(CC(N)=O)NC(=O)OC(C)(C)C)c1. The monoisotopic (exact) mass is 530 g/mol. The van der Waals surface area contributed by atoms with Crippen LogP contribution in [-0.2, 0) is 19.1 Å². The Kier molecular flexibility index (Phi) is 12.5. The van der Waals surface area contributed by atoms with Crippen molar-refractivity contribution in [3.63, 3.8) is 0 Å². The molecule has 0 bridgehead atoms. The Morgan fingerprint density at radius 3 is 2.26 bits per heavy atom. The molecule has 0 aliphatic heterocycles. The van der Waals surface area contributed by atoms with Crippen molar-refractivity contribution in [3.8, 4) is 0 Å². The summed E-state index contributed by atoms with van der Waals surface area (Å²) in [6.45, 7) is 16.8. The van der Waals surface area contributed by atoms with Crippen LogP contribution in [0, 0.1) is 0 Å². The normalized spacial score (nSPS) is 13.1. The van der Waals surface area contributed by atoms with Crippen molar-refractivity contribution in [3.05, 3.63) is 42.0 Å². The van der Waals surface area contributed by atoms with Crippen LogP contribution in [-0.4, -0.2) is 52.4 Å². The minimum absolute atomic E-state index is 0.241. The molecule has 0 radical (unpaired) electrons. The Labute approximate surface area is 227 Å². The number of nitrogens with two attached hydrogens (primary N) is 1. The standard InChI is InChI=1S/C29H46N4O5/c1-9-11-12-13-17-33(26(36)22(19-23(30)34)31-27(37)38-29(6,7)8)24(25(35)32-28(3,4)5)21-16-14-15-20(10-2)18-21/h10,14-16,18,22,24H,2,9,11-13,17,19H2,1,3-8H3,(H2,30,34)(H,31,37)(H,32,35). The summed E-state index contributed by atoms with van der Waals surface area (Å²) < 4.78 is 5.32. The number of nitrogens with one attached hydrogen (secondary N) is 2. The van der Waals surface area contributed by atoms with Crippen LogP contribution < -0.4 is 16.4 Å². The van der Waals surface area contributed by atoms with E-state index in [1.54, 1.807) is 45.0 Å². The van der Waals surface area contributed by atoms with E-state index in [0.29, 0.717) is 12.0 Å². The molecule has 9 heteroatoms. The van der Waals surface area contributed by atoms with Crippen LogP contribution in [0.5, 0.6) is 0 Å². The van der Waals surface area contributed by atoms with Gasteiger partial charge in [0.2, 0.25) is 17.7 Å². The Balaban J connectivity index is 3.58. The average Bonchev–Trinajstić information content (AvgIpc) is 2.77. The number of alkyl carbamates (subject to hydrolysis) is 1. The van der Waals surface area contributed by atoms with E-state index >= 15 is 0 Å². The Morgan fingerprint density at radius 2 is 1.74 bits per heavy atom. The zero-order valence-corrected chi connectivity index (χ0v) is 24.1. The minimum atomic E-state index is -1.30. The first kappa shape index (κ1) is 32.7. The van der Waals surface area contributed by atoms with E-state index in [4.69, 9.17) is 10.5 Å². The van der Waals surface area contributed by atoms with Crippen LogP contribution in [0.2, 0.25) is 0 Å². The van der Waals surface area contributed by atoms with Crippen molar-refractivity contribution < 1.29 is 23.9 Å². The third kappa shape index (κ3) is 11.8. The molecular weight excluding hydrogens is 484 g/mol. The largest absolute Gasteiger partial charge is 0.444 e. The molecule has 0 fully saturated rings. The van der Waals surface area contributed by atoms with Gasteiger partial charge in [-0.1, -0.05) is 57.0 Å². The molecule has 0 saturated carbocycles. The van der Waals surface area contributed by atoms with Crippen molar-refractivity contribution >= 4 is 29.9 Å². The lowest BCUT2D eigenvalue weighted by atomic mass is 9.98. The van der Waals surface area contributed by atoms with Gasteiger partial charge in [0.05, 0.1) is 6.42 Å². The first-order chi connectivity index (χ1) is 17.6. The summed E-state index contributed by atoms with van der Waals surface area (Å²) in [5.74, 6) is -1.74. The maximum Gasteiger partial charge on any atom is 0.408 e. The molecule has 2 atom stereocenters. The van der Waals surface area contributed by atoms with Gasteiger partial charge in [0, 0.05) is 12.1 Å². The summed E-state index contributed by atoms with van der Waals surface area (Å²) in [5, 5.41) is 5.48. The number of carbonyl (C=O) groups excluding carboxylic acids is 4. The van der Waals surface area contributed by atoms with E-state index in [-0.39, 0.29) is 12.5 Å². The molecule has 0 heterocycles. The highest BCUT2D eigenvalue weighted by Crippen LogP contribution is 2.26. The average molecular weight is 531 g/mol. The number of unbranched alkanes of at least 4 members (excludes halogenated alkanes) is 3. The van der Waals surface area contributed by atoms with Gasteiger partial charge in [-0.25, -0.2) is 4.79 Å². The van der Waals surface area contributed by atoms with Gasteiger partial charge < -0.3 is 26.0 Å². The summed E-state index contributed by atoms with van der Waals surface area (Å²) in [6, 6.07) is 4.90. The van der Waals surface area contributed by atoms with Crippen molar-refractivity contribution in [2.24, 2.45) is 5.73 Å². The molecule has 0 aliphatic rings. The third-order valence-corrected chi connectivity index (χ3v) is 5.45. The van der Waals surface area contributed by atoms with Crippen molar-refractivity contribution in [2.75, 3.05) is 6.54 Å². The number of primary amides is 1. The summed E-state index contributed by atoms with van der Waals surface area (Å²) in [5.41, 5.74) is 5.44. The Bertz CT molecular complexity index is 978. The number of hydrogen-bond donors (Lipinski definition) is 3. The quantitative estimate of drug-likeness (QED) is 0.324. The van der Waals surface area contributed by atoms with Crippen molar-refractivity contribution in [2.45, 2.75) is 104 Å². The predicted molar refractivity (Wildman–Crippen MR) is 150 cm³/mol. The zero-order valence-electron chi connectivity index (χ0n) is 24.1. The van der Waals surface area contributed by atoms with Crippen LogP contribution >= 0.6 is 0 Å². The van der Waals surface area contributed by atoms with Gasteiger partial charge in [-0.05, 0) is 65.2 Å². The lowest BCUT2D eigenvalue weighted by Gasteiger charge is -2.36. The highest BCUT2D eigenvalue weighted by molar-refractivity contribution is 5.94. The highest BCUT2D eigenvalue weighted by atomic mass is 16.6. The van der Waals surface area contributed by atoms with Gasteiger partial charge in [0.25, 0.3) is 0 Å². The number of hydrogen-bond acceptors (Lipinski definition) is 5. The first-order valence-corrected chi connectivity index (χ1v) is 13.2. The molecule has 9 nitrogen and oxygen atoms in total. The summed E-state index contributed by atoms with van der Waals surface area (Å²) in [6.07, 6.45) is 3.81. The number of ether oxygens (including phenoxy) is 1. The van der Waals surface area contributed by atoms with Gasteiger partial charge >= 0.3 is 6.09 Å². The molecule has 0 aromatic heterocycles. The lowest BCUT2D eigenvalue weighted by molar-refractivity contribution is -0.144. The maximum absolute atomic E-state index is 14.0. The fourth-order valence-corrected chi connectivity index (χ4v) is 3.89. The molecule has 4 amide bonds. The second kappa shape index (κ2) is 14.5. The fraction of sp³-hybridized carbons (Fsp3) is 0.586. The maximum atomic E-state index is 14.0. The van der Waals surface area contributed by atoms with E-state index in [1.165, 1.54) is 4.90 Å². The smallest absolute Gasteiger partial charge is 0.408 e.